The van der Waals surface area contributed by atoms with Crippen LogP contribution in [0.25, 0.3) is 0 Å². The lowest BCUT2D eigenvalue weighted by Crippen LogP contribution is -2.07. The predicted molar refractivity (Wildman–Crippen MR) is 89.2 cm³/mol. The van der Waals surface area contributed by atoms with Crippen LogP contribution in [0.4, 0.5) is 0 Å². The summed E-state index contributed by atoms with van der Waals surface area (Å²) in [5.41, 5.74) is 2.07. The van der Waals surface area contributed by atoms with Gasteiger partial charge in [-0.1, -0.05) is 40.2 Å². The smallest absolute Gasteiger partial charge is 0.338 e. The summed E-state index contributed by atoms with van der Waals surface area (Å²) >= 11 is 3.39. The fraction of sp³-hybridized carbons (Fsp3) is 0.222. The Balaban J connectivity index is 2.01. The summed E-state index contributed by atoms with van der Waals surface area (Å²) in [5, 5.41) is 0. The fourth-order valence-electron chi connectivity index (χ4n) is 2.09. The summed E-state index contributed by atoms with van der Waals surface area (Å²) < 4.78 is 5.97. The van der Waals surface area contributed by atoms with Gasteiger partial charge in [0, 0.05) is 16.5 Å². The Labute approximate surface area is 138 Å². The van der Waals surface area contributed by atoms with E-state index < -0.39 is 5.97 Å². The van der Waals surface area contributed by atoms with Crippen LogP contribution in [0.1, 0.15) is 39.6 Å². The molecule has 0 aliphatic rings. The van der Waals surface area contributed by atoms with Crippen molar-refractivity contribution in [3.63, 3.8) is 0 Å². The molecular weight excluding hydrogens is 344 g/mol. The normalized spacial score (nSPS) is 10.3. The van der Waals surface area contributed by atoms with Gasteiger partial charge in [0.25, 0.3) is 0 Å². The molecule has 0 fully saturated rings. The van der Waals surface area contributed by atoms with Gasteiger partial charge in [0.1, 0.15) is 0 Å². The highest BCUT2D eigenvalue weighted by atomic mass is 79.9. The van der Waals surface area contributed by atoms with Crippen molar-refractivity contribution in [1.29, 1.82) is 0 Å². The maximum absolute atomic E-state index is 12.3. The number of benzene rings is 2. The van der Waals surface area contributed by atoms with Gasteiger partial charge in [0.05, 0.1) is 12.2 Å². The maximum atomic E-state index is 12.3. The summed E-state index contributed by atoms with van der Waals surface area (Å²) in [6.45, 7) is 2.08. The van der Waals surface area contributed by atoms with Crippen molar-refractivity contribution in [3.8, 4) is 0 Å². The molecule has 2 rings (SSSR count). The summed E-state index contributed by atoms with van der Waals surface area (Å²) in [6, 6.07) is 14.6. The van der Waals surface area contributed by atoms with E-state index in [-0.39, 0.29) is 5.78 Å². The molecule has 2 aromatic carbocycles. The van der Waals surface area contributed by atoms with Gasteiger partial charge in [0.15, 0.2) is 5.78 Å². The molecule has 0 saturated heterocycles. The van der Waals surface area contributed by atoms with E-state index in [0.717, 1.165) is 10.0 Å². The molecule has 114 valence electrons. The lowest BCUT2D eigenvalue weighted by molar-refractivity contribution is 0.0526. The molecule has 0 N–H and O–H groups in total. The van der Waals surface area contributed by atoms with Crippen LogP contribution < -0.4 is 0 Å². The molecule has 0 atom stereocenters. The Morgan fingerprint density at radius 3 is 2.41 bits per heavy atom. The third-order valence-corrected chi connectivity index (χ3v) is 3.78. The van der Waals surface area contributed by atoms with E-state index in [2.05, 4.69) is 15.9 Å². The quantitative estimate of drug-likeness (QED) is 0.564. The topological polar surface area (TPSA) is 43.4 Å². The van der Waals surface area contributed by atoms with E-state index in [1.54, 1.807) is 31.2 Å². The van der Waals surface area contributed by atoms with Crippen molar-refractivity contribution in [2.75, 3.05) is 6.61 Å². The number of ether oxygens (including phenoxy) is 1. The van der Waals surface area contributed by atoms with E-state index in [4.69, 9.17) is 4.74 Å². The fourth-order valence-corrected chi connectivity index (χ4v) is 2.35. The van der Waals surface area contributed by atoms with E-state index >= 15 is 0 Å². The number of carbonyl (C=O) groups is 2. The summed E-state index contributed by atoms with van der Waals surface area (Å²) in [7, 11) is 0. The van der Waals surface area contributed by atoms with Crippen molar-refractivity contribution in [2.24, 2.45) is 0 Å². The van der Waals surface area contributed by atoms with Crippen molar-refractivity contribution < 1.29 is 14.3 Å². The number of aryl methyl sites for hydroxylation is 1. The lowest BCUT2D eigenvalue weighted by atomic mass is 10.0. The Morgan fingerprint density at radius 2 is 1.73 bits per heavy atom. The minimum Gasteiger partial charge on any atom is -0.462 e. The minimum absolute atomic E-state index is 0.0223. The van der Waals surface area contributed by atoms with Gasteiger partial charge in [-0.05, 0) is 43.2 Å². The Morgan fingerprint density at radius 1 is 1.05 bits per heavy atom. The Bertz CT molecular complexity index is 662. The Kier molecular flexibility index (Phi) is 5.90. The average molecular weight is 361 g/mol. The number of esters is 1. The van der Waals surface area contributed by atoms with Crippen LogP contribution in [0, 0.1) is 0 Å². The number of hydrogen-bond acceptors (Lipinski definition) is 3. The summed E-state index contributed by atoms with van der Waals surface area (Å²) in [6.07, 6.45) is 1.09. The molecular formula is C18H17BrO3. The highest BCUT2D eigenvalue weighted by Crippen LogP contribution is 2.14. The molecule has 2 aromatic rings. The summed E-state index contributed by atoms with van der Waals surface area (Å²) in [4.78, 5) is 23.9. The lowest BCUT2D eigenvalue weighted by Gasteiger charge is -2.05. The molecule has 0 radical (unpaired) electrons. The molecule has 0 aliphatic carbocycles. The molecule has 4 heteroatoms. The van der Waals surface area contributed by atoms with E-state index in [9.17, 15) is 9.59 Å². The number of Topliss-reactive ketones (excluding diaryl/α,β-unsaturated/α-hetero) is 1. The standard InChI is InChI=1S/C18H17BrO3/c1-2-22-18(21)15-5-3-4-14(12-15)17(20)11-8-13-6-9-16(19)10-7-13/h3-7,9-10,12H,2,8,11H2,1H3. The first kappa shape index (κ1) is 16.4. The number of halogens is 1. The van der Waals surface area contributed by atoms with Crippen LogP contribution in [-0.4, -0.2) is 18.4 Å². The van der Waals surface area contributed by atoms with Gasteiger partial charge in [-0.2, -0.15) is 0 Å². The molecule has 0 amide bonds. The van der Waals surface area contributed by atoms with Crippen LogP contribution in [0.15, 0.2) is 53.0 Å². The molecule has 0 aromatic heterocycles. The van der Waals surface area contributed by atoms with Crippen LogP contribution in [-0.2, 0) is 11.2 Å². The SMILES string of the molecule is CCOC(=O)c1cccc(C(=O)CCc2ccc(Br)cc2)c1. The van der Waals surface area contributed by atoms with Gasteiger partial charge in [0.2, 0.25) is 0 Å². The second-order valence-corrected chi connectivity index (χ2v) is 5.77. The second kappa shape index (κ2) is 7.90. The highest BCUT2D eigenvalue weighted by molar-refractivity contribution is 9.10. The third-order valence-electron chi connectivity index (χ3n) is 3.25. The number of carbonyl (C=O) groups excluding carboxylic acids is 2. The molecule has 0 saturated carbocycles. The minimum atomic E-state index is -0.398. The molecule has 3 nitrogen and oxygen atoms in total. The number of rotatable bonds is 6. The van der Waals surface area contributed by atoms with Crippen LogP contribution in [0.2, 0.25) is 0 Å². The van der Waals surface area contributed by atoms with Gasteiger partial charge in [-0.25, -0.2) is 4.79 Å². The van der Waals surface area contributed by atoms with E-state index in [1.807, 2.05) is 24.3 Å². The van der Waals surface area contributed by atoms with Gasteiger partial charge in [-0.3, -0.25) is 4.79 Å². The van der Waals surface area contributed by atoms with Crippen molar-refractivity contribution in [2.45, 2.75) is 19.8 Å². The van der Waals surface area contributed by atoms with E-state index in [1.165, 1.54) is 0 Å². The number of hydrogen-bond donors (Lipinski definition) is 0. The highest BCUT2D eigenvalue weighted by Gasteiger charge is 2.11. The molecule has 0 spiro atoms. The zero-order valence-electron chi connectivity index (χ0n) is 12.3. The largest absolute Gasteiger partial charge is 0.462 e. The number of ketones is 1. The van der Waals surface area contributed by atoms with Gasteiger partial charge >= 0.3 is 5.97 Å². The van der Waals surface area contributed by atoms with Gasteiger partial charge < -0.3 is 4.74 Å². The van der Waals surface area contributed by atoms with Crippen molar-refractivity contribution in [3.05, 3.63) is 69.7 Å². The monoisotopic (exact) mass is 360 g/mol. The molecule has 0 aliphatic heterocycles. The third kappa shape index (κ3) is 4.53. The zero-order chi connectivity index (χ0) is 15.9. The molecule has 0 bridgehead atoms. The first-order chi connectivity index (χ1) is 10.6. The maximum Gasteiger partial charge on any atom is 0.338 e. The van der Waals surface area contributed by atoms with Crippen LogP contribution in [0.5, 0.6) is 0 Å². The molecule has 0 unspecified atom stereocenters. The van der Waals surface area contributed by atoms with Crippen molar-refractivity contribution in [1.82, 2.24) is 0 Å². The first-order valence-electron chi connectivity index (χ1n) is 7.15. The second-order valence-electron chi connectivity index (χ2n) is 4.85. The van der Waals surface area contributed by atoms with E-state index in [0.29, 0.717) is 30.6 Å². The summed E-state index contributed by atoms with van der Waals surface area (Å²) in [5.74, 6) is -0.376. The average Bonchev–Trinajstić information content (AvgIpc) is 2.54. The zero-order valence-corrected chi connectivity index (χ0v) is 13.9. The first-order valence-corrected chi connectivity index (χ1v) is 7.94. The Hall–Kier alpha value is -1.94. The predicted octanol–water partition coefficient (Wildman–Crippen LogP) is 4.44. The molecule has 22 heavy (non-hydrogen) atoms. The van der Waals surface area contributed by atoms with Crippen LogP contribution in [0.3, 0.4) is 0 Å². The van der Waals surface area contributed by atoms with Crippen LogP contribution >= 0.6 is 15.9 Å². The van der Waals surface area contributed by atoms with Crippen molar-refractivity contribution >= 4 is 27.7 Å². The van der Waals surface area contributed by atoms with Gasteiger partial charge in [-0.15, -0.1) is 0 Å². The molecule has 0 heterocycles.